The first-order valence-corrected chi connectivity index (χ1v) is 6.27. The van der Waals surface area contributed by atoms with Crippen molar-refractivity contribution < 1.29 is 5.11 Å². The molecule has 0 spiro atoms. The van der Waals surface area contributed by atoms with Crippen molar-refractivity contribution in [1.82, 2.24) is 5.32 Å². The van der Waals surface area contributed by atoms with Crippen LogP contribution in [-0.4, -0.2) is 11.7 Å². The van der Waals surface area contributed by atoms with Gasteiger partial charge in [0.05, 0.1) is 0 Å². The van der Waals surface area contributed by atoms with Crippen molar-refractivity contribution in [1.29, 1.82) is 0 Å². The summed E-state index contributed by atoms with van der Waals surface area (Å²) >= 11 is 0. The van der Waals surface area contributed by atoms with Crippen LogP contribution in [0.3, 0.4) is 0 Å². The highest BCUT2D eigenvalue weighted by Gasteiger charge is 2.53. The van der Waals surface area contributed by atoms with Gasteiger partial charge in [0.2, 0.25) is 0 Å². The summed E-state index contributed by atoms with van der Waals surface area (Å²) in [5.41, 5.74) is 1.84. The molecule has 0 saturated heterocycles. The molecule has 0 radical (unpaired) electrons. The highest BCUT2D eigenvalue weighted by atomic mass is 16.3. The van der Waals surface area contributed by atoms with Crippen LogP contribution in [0, 0.1) is 11.3 Å². The molecule has 1 aromatic carbocycles. The zero-order chi connectivity index (χ0) is 11.0. The normalized spacial score (nSPS) is 22.0. The lowest BCUT2D eigenvalue weighted by Crippen LogP contribution is -2.24. The molecule has 2 N–H and O–H groups in total. The molecule has 16 heavy (non-hydrogen) atoms. The first-order valence-electron chi connectivity index (χ1n) is 6.27. The van der Waals surface area contributed by atoms with Gasteiger partial charge >= 0.3 is 0 Å². The van der Waals surface area contributed by atoms with Gasteiger partial charge in [0.15, 0.2) is 0 Å². The van der Waals surface area contributed by atoms with Crippen molar-refractivity contribution in [3.63, 3.8) is 0 Å². The standard InChI is InChI=1S/C14H19NO/c16-13-3-1-2-11(8-13)9-15-10-14(6-7-14)12-4-5-12/h1-3,8,12,15-16H,4-7,9-10H2. The third-order valence-electron chi connectivity index (χ3n) is 4.05. The molecule has 2 aliphatic rings. The Morgan fingerprint density at radius 1 is 1.31 bits per heavy atom. The maximum atomic E-state index is 9.36. The van der Waals surface area contributed by atoms with E-state index in [9.17, 15) is 5.11 Å². The van der Waals surface area contributed by atoms with Gasteiger partial charge in [-0.15, -0.1) is 0 Å². The molecule has 0 aliphatic heterocycles. The van der Waals surface area contributed by atoms with Crippen molar-refractivity contribution in [2.75, 3.05) is 6.54 Å². The first-order chi connectivity index (χ1) is 7.78. The maximum Gasteiger partial charge on any atom is 0.115 e. The van der Waals surface area contributed by atoms with Crippen molar-refractivity contribution >= 4 is 0 Å². The Bertz CT molecular complexity index is 380. The average Bonchev–Trinajstić information content (AvgIpc) is 3.13. The minimum atomic E-state index is 0.364. The largest absolute Gasteiger partial charge is 0.508 e. The van der Waals surface area contributed by atoms with Crippen molar-refractivity contribution in [2.24, 2.45) is 11.3 Å². The van der Waals surface area contributed by atoms with E-state index in [4.69, 9.17) is 0 Å². The number of hydrogen-bond acceptors (Lipinski definition) is 2. The summed E-state index contributed by atoms with van der Waals surface area (Å²) < 4.78 is 0. The van der Waals surface area contributed by atoms with E-state index in [1.807, 2.05) is 12.1 Å². The fourth-order valence-electron chi connectivity index (χ4n) is 2.71. The van der Waals surface area contributed by atoms with E-state index in [1.165, 1.54) is 31.2 Å². The van der Waals surface area contributed by atoms with Gasteiger partial charge in [-0.25, -0.2) is 0 Å². The van der Waals surface area contributed by atoms with Crippen LogP contribution in [0.25, 0.3) is 0 Å². The van der Waals surface area contributed by atoms with Crippen molar-refractivity contribution in [2.45, 2.75) is 32.2 Å². The topological polar surface area (TPSA) is 32.3 Å². The predicted octanol–water partition coefficient (Wildman–Crippen LogP) is 2.67. The fourth-order valence-corrected chi connectivity index (χ4v) is 2.71. The highest BCUT2D eigenvalue weighted by molar-refractivity contribution is 5.27. The molecule has 2 fully saturated rings. The highest BCUT2D eigenvalue weighted by Crippen LogP contribution is 2.60. The smallest absolute Gasteiger partial charge is 0.115 e. The Balaban J connectivity index is 1.50. The van der Waals surface area contributed by atoms with Crippen LogP contribution >= 0.6 is 0 Å². The van der Waals surface area contributed by atoms with E-state index in [0.717, 1.165) is 19.0 Å². The summed E-state index contributed by atoms with van der Waals surface area (Å²) in [4.78, 5) is 0. The Hall–Kier alpha value is -1.02. The quantitative estimate of drug-likeness (QED) is 0.794. The molecule has 3 rings (SSSR count). The van der Waals surface area contributed by atoms with E-state index in [1.54, 1.807) is 6.07 Å². The first kappa shape index (κ1) is 10.2. The van der Waals surface area contributed by atoms with Gasteiger partial charge < -0.3 is 10.4 Å². The number of nitrogens with one attached hydrogen (secondary N) is 1. The minimum absolute atomic E-state index is 0.364. The molecule has 0 heterocycles. The SMILES string of the molecule is Oc1cccc(CNCC2(C3CC3)CC2)c1. The molecule has 1 aromatic rings. The van der Waals surface area contributed by atoms with E-state index in [2.05, 4.69) is 11.4 Å². The lowest BCUT2D eigenvalue weighted by atomic mass is 10.0. The van der Waals surface area contributed by atoms with Gasteiger partial charge in [0, 0.05) is 13.1 Å². The third-order valence-corrected chi connectivity index (χ3v) is 4.05. The summed E-state index contributed by atoms with van der Waals surface area (Å²) in [6.07, 6.45) is 5.75. The van der Waals surface area contributed by atoms with Crippen LogP contribution in [0.15, 0.2) is 24.3 Å². The maximum absolute atomic E-state index is 9.36. The number of hydrogen-bond donors (Lipinski definition) is 2. The Labute approximate surface area is 96.7 Å². The number of phenols is 1. The van der Waals surface area contributed by atoms with Crippen LogP contribution in [0.5, 0.6) is 5.75 Å². The molecule has 0 unspecified atom stereocenters. The van der Waals surface area contributed by atoms with E-state index in [0.29, 0.717) is 11.2 Å². The van der Waals surface area contributed by atoms with Gasteiger partial charge in [0.1, 0.15) is 5.75 Å². The fraction of sp³-hybridized carbons (Fsp3) is 0.571. The van der Waals surface area contributed by atoms with Crippen LogP contribution in [0.2, 0.25) is 0 Å². The van der Waals surface area contributed by atoms with E-state index in [-0.39, 0.29) is 0 Å². The zero-order valence-corrected chi connectivity index (χ0v) is 9.58. The number of benzene rings is 1. The third kappa shape index (κ3) is 2.07. The van der Waals surface area contributed by atoms with Gasteiger partial charge in [-0.3, -0.25) is 0 Å². The average molecular weight is 217 g/mol. The number of aromatic hydroxyl groups is 1. The summed E-state index contributed by atoms with van der Waals surface area (Å²) in [7, 11) is 0. The summed E-state index contributed by atoms with van der Waals surface area (Å²) in [6, 6.07) is 7.52. The zero-order valence-electron chi connectivity index (χ0n) is 9.58. The summed E-state index contributed by atoms with van der Waals surface area (Å²) in [5.74, 6) is 1.38. The van der Waals surface area contributed by atoms with Gasteiger partial charge in [-0.1, -0.05) is 12.1 Å². The number of phenolic OH excluding ortho intramolecular Hbond substituents is 1. The Kier molecular flexibility index (Phi) is 2.40. The van der Waals surface area contributed by atoms with Crippen molar-refractivity contribution in [3.8, 4) is 5.75 Å². The Morgan fingerprint density at radius 2 is 2.12 bits per heavy atom. The van der Waals surface area contributed by atoms with Crippen LogP contribution in [0.1, 0.15) is 31.2 Å². The van der Waals surface area contributed by atoms with Gasteiger partial charge in [-0.2, -0.15) is 0 Å². The van der Waals surface area contributed by atoms with Gasteiger partial charge in [-0.05, 0) is 54.7 Å². The van der Waals surface area contributed by atoms with Crippen LogP contribution < -0.4 is 5.32 Å². The molecule has 2 nitrogen and oxygen atoms in total. The van der Waals surface area contributed by atoms with Gasteiger partial charge in [0.25, 0.3) is 0 Å². The monoisotopic (exact) mass is 217 g/mol. The summed E-state index contributed by atoms with van der Waals surface area (Å²) in [5, 5.41) is 12.9. The molecular weight excluding hydrogens is 198 g/mol. The second-order valence-electron chi connectivity index (χ2n) is 5.41. The molecule has 0 atom stereocenters. The van der Waals surface area contributed by atoms with E-state index >= 15 is 0 Å². The van der Waals surface area contributed by atoms with Crippen LogP contribution in [0.4, 0.5) is 0 Å². The molecule has 2 saturated carbocycles. The van der Waals surface area contributed by atoms with Crippen molar-refractivity contribution in [3.05, 3.63) is 29.8 Å². The lowest BCUT2D eigenvalue weighted by Gasteiger charge is -2.14. The minimum Gasteiger partial charge on any atom is -0.508 e. The lowest BCUT2D eigenvalue weighted by molar-refractivity contribution is 0.403. The molecule has 0 aromatic heterocycles. The predicted molar refractivity (Wildman–Crippen MR) is 64.2 cm³/mol. The van der Waals surface area contributed by atoms with E-state index < -0.39 is 0 Å². The Morgan fingerprint density at radius 3 is 2.75 bits per heavy atom. The molecular formula is C14H19NO. The molecule has 0 amide bonds. The van der Waals surface area contributed by atoms with Crippen LogP contribution in [-0.2, 0) is 6.54 Å². The second kappa shape index (κ2) is 3.77. The number of rotatable bonds is 5. The second-order valence-corrected chi connectivity index (χ2v) is 5.41. The summed E-state index contributed by atoms with van der Waals surface area (Å²) in [6.45, 7) is 2.04. The molecule has 0 bridgehead atoms. The molecule has 2 aliphatic carbocycles. The molecule has 86 valence electrons. The molecule has 2 heteroatoms.